The molecule has 9 heteroatoms. The van der Waals surface area contributed by atoms with Crippen molar-refractivity contribution in [2.75, 3.05) is 10.5 Å². The second-order valence-corrected chi connectivity index (χ2v) is 5.49. The van der Waals surface area contributed by atoms with E-state index >= 15 is 0 Å². The predicted molar refractivity (Wildman–Crippen MR) is 64.5 cm³/mol. The fourth-order valence-corrected chi connectivity index (χ4v) is 2.91. The number of aromatic nitrogens is 3. The Morgan fingerprint density at radius 1 is 1.33 bits per heavy atom. The number of nitrogen functional groups attached to an aromatic ring is 1. The van der Waals surface area contributed by atoms with Gasteiger partial charge in [0.25, 0.3) is 10.0 Å². The van der Waals surface area contributed by atoms with Crippen LogP contribution in [-0.4, -0.2) is 23.8 Å². The minimum atomic E-state index is -3.81. The van der Waals surface area contributed by atoms with Crippen molar-refractivity contribution in [2.24, 2.45) is 0 Å². The van der Waals surface area contributed by atoms with Crippen molar-refractivity contribution in [3.8, 4) is 0 Å². The van der Waals surface area contributed by atoms with Gasteiger partial charge in [-0.25, -0.2) is 8.42 Å². The van der Waals surface area contributed by atoms with E-state index in [2.05, 4.69) is 20.1 Å². The Hall–Kier alpha value is -2.03. The predicted octanol–water partition coefficient (Wildman–Crippen LogP) is 0.706. The van der Waals surface area contributed by atoms with Crippen molar-refractivity contribution >= 4 is 21.5 Å². The molecule has 8 nitrogen and oxygen atoms in total. The molecular weight excluding hydrogens is 258 g/mol. The number of aryl methyl sites for hydroxylation is 3. The molecule has 0 radical (unpaired) electrons. The number of sulfonamides is 1. The van der Waals surface area contributed by atoms with E-state index in [1.165, 1.54) is 6.92 Å². The molecule has 0 atom stereocenters. The zero-order valence-electron chi connectivity index (χ0n) is 10.1. The van der Waals surface area contributed by atoms with E-state index in [1.807, 2.05) is 0 Å². The van der Waals surface area contributed by atoms with E-state index in [1.54, 1.807) is 13.8 Å². The summed E-state index contributed by atoms with van der Waals surface area (Å²) in [6.07, 6.45) is 0. The van der Waals surface area contributed by atoms with Gasteiger partial charge in [-0.05, 0) is 20.8 Å². The van der Waals surface area contributed by atoms with Crippen LogP contribution in [0.4, 0.5) is 11.5 Å². The minimum absolute atomic E-state index is 0.00236. The molecule has 0 unspecified atom stereocenters. The fraction of sp³-hybridized carbons (Fsp3) is 0.333. The Bertz CT molecular complexity index is 666. The van der Waals surface area contributed by atoms with E-state index in [4.69, 9.17) is 10.3 Å². The van der Waals surface area contributed by atoms with Crippen LogP contribution in [0.2, 0.25) is 0 Å². The molecule has 0 fully saturated rings. The third kappa shape index (κ3) is 1.92. The molecule has 0 aliphatic carbocycles. The maximum atomic E-state index is 12.1. The third-order valence-electron chi connectivity index (χ3n) is 2.46. The first-order valence-corrected chi connectivity index (χ1v) is 6.57. The first-order valence-electron chi connectivity index (χ1n) is 5.09. The van der Waals surface area contributed by atoms with Crippen LogP contribution in [0, 0.1) is 20.8 Å². The van der Waals surface area contributed by atoms with E-state index in [0.717, 1.165) is 0 Å². The fourth-order valence-electron chi connectivity index (χ4n) is 1.55. The van der Waals surface area contributed by atoms with E-state index in [-0.39, 0.29) is 27.9 Å². The van der Waals surface area contributed by atoms with Crippen LogP contribution in [0.1, 0.15) is 17.1 Å². The molecule has 0 saturated heterocycles. The van der Waals surface area contributed by atoms with Crippen molar-refractivity contribution in [1.29, 1.82) is 0 Å². The van der Waals surface area contributed by atoms with Gasteiger partial charge in [0.1, 0.15) is 5.69 Å². The summed E-state index contributed by atoms with van der Waals surface area (Å²) >= 11 is 0. The number of hydrogen-bond donors (Lipinski definition) is 3. The monoisotopic (exact) mass is 271 g/mol. The SMILES string of the molecule is Cc1noc(C)c1S(=O)(=O)Nc1n[nH]c(C)c1N. The molecule has 0 amide bonds. The van der Waals surface area contributed by atoms with Crippen LogP contribution in [0.25, 0.3) is 0 Å². The highest BCUT2D eigenvalue weighted by Gasteiger charge is 2.25. The van der Waals surface area contributed by atoms with Gasteiger partial charge in [0.05, 0.1) is 11.4 Å². The number of anilines is 2. The molecular formula is C9H13N5O3S. The van der Waals surface area contributed by atoms with Gasteiger partial charge in [-0.1, -0.05) is 5.16 Å². The molecule has 2 heterocycles. The summed E-state index contributed by atoms with van der Waals surface area (Å²) in [6.45, 7) is 4.76. The largest absolute Gasteiger partial charge is 0.394 e. The average Bonchev–Trinajstić information content (AvgIpc) is 2.76. The molecule has 0 bridgehead atoms. The Kier molecular flexibility index (Phi) is 2.77. The highest BCUT2D eigenvalue weighted by Crippen LogP contribution is 2.25. The topological polar surface area (TPSA) is 127 Å². The lowest BCUT2D eigenvalue weighted by Gasteiger charge is -2.05. The van der Waals surface area contributed by atoms with E-state index < -0.39 is 10.0 Å². The molecule has 98 valence electrons. The zero-order valence-corrected chi connectivity index (χ0v) is 10.9. The number of aromatic amines is 1. The maximum Gasteiger partial charge on any atom is 0.268 e. The number of H-pyrrole nitrogens is 1. The molecule has 0 aliphatic heterocycles. The van der Waals surface area contributed by atoms with Crippen molar-refractivity contribution in [2.45, 2.75) is 25.7 Å². The Morgan fingerprint density at radius 2 is 2.00 bits per heavy atom. The molecule has 2 rings (SSSR count). The van der Waals surface area contributed by atoms with Crippen LogP contribution in [-0.2, 0) is 10.0 Å². The van der Waals surface area contributed by atoms with Crippen LogP contribution >= 0.6 is 0 Å². The summed E-state index contributed by atoms with van der Waals surface area (Å²) in [5.74, 6) is 0.276. The van der Waals surface area contributed by atoms with Gasteiger partial charge in [0.2, 0.25) is 0 Å². The van der Waals surface area contributed by atoms with Crippen LogP contribution in [0.5, 0.6) is 0 Å². The molecule has 2 aromatic rings. The summed E-state index contributed by atoms with van der Waals surface area (Å²) in [7, 11) is -3.81. The highest BCUT2D eigenvalue weighted by atomic mass is 32.2. The Labute approximate surface area is 104 Å². The summed E-state index contributed by atoms with van der Waals surface area (Å²) in [4.78, 5) is 0.00236. The van der Waals surface area contributed by atoms with Crippen LogP contribution in [0.3, 0.4) is 0 Å². The van der Waals surface area contributed by atoms with Crippen molar-refractivity contribution in [3.63, 3.8) is 0 Å². The third-order valence-corrected chi connectivity index (χ3v) is 4.04. The second-order valence-electron chi connectivity index (χ2n) is 3.87. The number of nitrogens with zero attached hydrogens (tertiary/aromatic N) is 2. The van der Waals surface area contributed by atoms with E-state index in [9.17, 15) is 8.42 Å². The lowest BCUT2D eigenvalue weighted by Crippen LogP contribution is -2.15. The molecule has 0 saturated carbocycles. The summed E-state index contributed by atoms with van der Waals surface area (Å²) in [6, 6.07) is 0. The van der Waals surface area contributed by atoms with Crippen LogP contribution in [0.15, 0.2) is 9.42 Å². The van der Waals surface area contributed by atoms with Crippen LogP contribution < -0.4 is 10.5 Å². The first-order chi connectivity index (χ1) is 8.33. The number of nitrogens with one attached hydrogen (secondary N) is 2. The number of hydrogen-bond acceptors (Lipinski definition) is 6. The van der Waals surface area contributed by atoms with Crippen molar-refractivity contribution in [3.05, 3.63) is 17.1 Å². The first kappa shape index (κ1) is 12.4. The Morgan fingerprint density at radius 3 is 2.44 bits per heavy atom. The molecule has 0 aliphatic rings. The van der Waals surface area contributed by atoms with E-state index in [0.29, 0.717) is 5.69 Å². The second kappa shape index (κ2) is 4.02. The number of rotatable bonds is 3. The Balaban J connectivity index is 2.43. The highest BCUT2D eigenvalue weighted by molar-refractivity contribution is 7.92. The van der Waals surface area contributed by atoms with Gasteiger partial charge < -0.3 is 10.3 Å². The van der Waals surface area contributed by atoms with Gasteiger partial charge in [-0.3, -0.25) is 9.82 Å². The van der Waals surface area contributed by atoms with Crippen molar-refractivity contribution in [1.82, 2.24) is 15.4 Å². The molecule has 4 N–H and O–H groups in total. The molecule has 0 aromatic carbocycles. The summed E-state index contributed by atoms with van der Waals surface area (Å²) < 4.78 is 31.4. The molecule has 0 spiro atoms. The maximum absolute atomic E-state index is 12.1. The molecule has 18 heavy (non-hydrogen) atoms. The summed E-state index contributed by atoms with van der Waals surface area (Å²) in [5.41, 5.74) is 6.81. The average molecular weight is 271 g/mol. The van der Waals surface area contributed by atoms with Gasteiger partial charge in [-0.15, -0.1) is 0 Å². The lowest BCUT2D eigenvalue weighted by atomic mass is 10.4. The quantitative estimate of drug-likeness (QED) is 0.754. The standard InChI is InChI=1S/C9H13N5O3S/c1-4-7(10)9(12-11-4)14-18(15,16)8-5(2)13-17-6(8)3/h10H2,1-3H3,(H2,11,12,14). The lowest BCUT2D eigenvalue weighted by molar-refractivity contribution is 0.390. The smallest absolute Gasteiger partial charge is 0.268 e. The van der Waals surface area contributed by atoms with Gasteiger partial charge in [0.15, 0.2) is 16.5 Å². The van der Waals surface area contributed by atoms with Gasteiger partial charge in [0, 0.05) is 0 Å². The van der Waals surface area contributed by atoms with Gasteiger partial charge >= 0.3 is 0 Å². The summed E-state index contributed by atoms with van der Waals surface area (Å²) in [5, 5.41) is 9.97. The molecule has 2 aromatic heterocycles. The van der Waals surface area contributed by atoms with Gasteiger partial charge in [-0.2, -0.15) is 5.10 Å². The minimum Gasteiger partial charge on any atom is -0.394 e. The zero-order chi connectivity index (χ0) is 13.5. The normalized spacial score (nSPS) is 11.7. The van der Waals surface area contributed by atoms with Crippen molar-refractivity contribution < 1.29 is 12.9 Å². The number of nitrogens with two attached hydrogens (primary N) is 1.